The van der Waals surface area contributed by atoms with Gasteiger partial charge < -0.3 is 81.3 Å². The topological polar surface area (TPSA) is 480 Å². The van der Waals surface area contributed by atoms with Crippen molar-refractivity contribution in [3.63, 3.8) is 0 Å². The first-order valence-corrected chi connectivity index (χ1v) is 43.3. The number of rotatable bonds is 16. The third-order valence-corrected chi connectivity index (χ3v) is 23.8. The normalized spacial score (nSPS) is 11.5. The molecule has 24 aromatic heterocycles. The number of imidazole rings is 8. The summed E-state index contributed by atoms with van der Waals surface area (Å²) in [7, 11) is 0. The van der Waals surface area contributed by atoms with E-state index in [9.17, 15) is 5.26 Å². The van der Waals surface area contributed by atoms with Gasteiger partial charge in [-0.1, -0.05) is 104 Å². The molecule has 0 aliphatic carbocycles. The zero-order valence-corrected chi connectivity index (χ0v) is 86.8. The van der Waals surface area contributed by atoms with E-state index in [1.54, 1.807) is 48.9 Å². The van der Waals surface area contributed by atoms with Gasteiger partial charge in [0.05, 0.1) is 69.1 Å². The second-order valence-electron chi connectivity index (χ2n) is 33.9. The Morgan fingerprint density at radius 2 is 0.521 bits per heavy atom. The van der Waals surface area contributed by atoms with Crippen LogP contribution in [-0.2, 0) is 106 Å². The Labute approximate surface area is 875 Å². The molecule has 0 aromatic carbocycles. The zero-order chi connectivity index (χ0) is 96.3. The minimum Gasteiger partial charge on any atom is -0.409 e. The SMILES string of the molecule is CC(C)(c1cccc(-n2[c-]nc3ncncc32)n1)c1cccc(-n2[c-]nc3ncncc32)n1.Cc1ncnc2c1n[c-]n2-c1cccc(C(C)(C)c2cccc(-n3[c-]nc4c(C)ncnc43)n2)n1.Cc1ncnc2n[c-]n(-c3cccc(C(C)(C)c4cccc(-n5[c-]nc6ncnc(C)c65)n4)n3)c12.[C-]#[N+]c1ncnc2c1n[c-]n2-c1cccc(C(C)(C)c2cccc(-n3[c-]nc4c(C#N)ncnc43)n2)n1.[Pt+2].[Pt+2].[Pt+2].[Pt+2]. The summed E-state index contributed by atoms with van der Waals surface area (Å²) in [6, 6.07) is 48.5. The van der Waals surface area contributed by atoms with Gasteiger partial charge >= 0.3 is 84.3 Å². The Morgan fingerprint density at radius 3 is 0.854 bits per heavy atom. The number of nitrogens with zero attached hydrogens (tertiary/aromatic N) is 42. The van der Waals surface area contributed by atoms with Gasteiger partial charge in [-0.15, -0.1) is 4.98 Å². The summed E-state index contributed by atoms with van der Waals surface area (Å²) in [5.41, 5.74) is 17.6. The molecule has 0 atom stereocenters. The second-order valence-corrected chi connectivity index (χ2v) is 33.9. The summed E-state index contributed by atoms with van der Waals surface area (Å²) in [5, 5.41) is 9.31. The van der Waals surface area contributed by atoms with E-state index in [0.717, 1.165) is 90.4 Å². The average Bonchev–Trinajstić information content (AvgIpc) is 1.56. The van der Waals surface area contributed by atoms with Gasteiger partial charge in [0.1, 0.15) is 56.1 Å². The van der Waals surface area contributed by atoms with Gasteiger partial charge in [0.15, 0.2) is 6.33 Å². The number of nitriles is 1. The van der Waals surface area contributed by atoms with Crippen molar-refractivity contribution in [1.29, 1.82) is 5.26 Å². The predicted octanol–water partition coefficient (Wildman–Crippen LogP) is 12.3. The molecule has 0 aliphatic heterocycles. The molecule has 0 saturated carbocycles. The van der Waals surface area contributed by atoms with Crippen LogP contribution in [0.1, 0.15) is 129 Å². The van der Waals surface area contributed by atoms with Crippen LogP contribution in [-0.4, -0.2) is 196 Å². The molecule has 0 fully saturated rings. The summed E-state index contributed by atoms with van der Waals surface area (Å²) >= 11 is 0. The van der Waals surface area contributed by atoms with Crippen LogP contribution in [0.4, 0.5) is 5.82 Å². The van der Waals surface area contributed by atoms with Crippen molar-refractivity contribution in [2.45, 2.75) is 105 Å². The predicted molar refractivity (Wildman–Crippen MR) is 505 cm³/mol. The van der Waals surface area contributed by atoms with E-state index in [0.29, 0.717) is 114 Å². The molecule has 0 amide bonds. The van der Waals surface area contributed by atoms with Crippen molar-refractivity contribution in [3.8, 4) is 52.6 Å². The number of hydrogen-bond acceptors (Lipinski definition) is 33. The minimum atomic E-state index is -0.609. The number of aryl methyl sites for hydroxylation is 4. The Hall–Kier alpha value is -16.7. The number of aromatic nitrogens is 40. The Morgan fingerprint density at radius 1 is 0.271 bits per heavy atom. The molecule has 24 heterocycles. The molecule has 144 heavy (non-hydrogen) atoms. The van der Waals surface area contributed by atoms with Crippen molar-refractivity contribution in [3.05, 3.63) is 345 Å². The van der Waals surface area contributed by atoms with Crippen molar-refractivity contribution in [2.75, 3.05) is 0 Å². The van der Waals surface area contributed by atoms with E-state index in [-0.39, 0.29) is 95.8 Å². The van der Waals surface area contributed by atoms with Gasteiger partial charge in [0, 0.05) is 198 Å². The van der Waals surface area contributed by atoms with Gasteiger partial charge in [-0.3, -0.25) is 110 Å². The monoisotopic (exact) mass is 2610 g/mol. The molecule has 24 aromatic rings. The summed E-state index contributed by atoms with van der Waals surface area (Å²) < 4.78 is 13.8. The molecule has 24 rings (SSSR count). The van der Waals surface area contributed by atoms with Crippen LogP contribution in [0.25, 0.3) is 141 Å². The fourth-order valence-electron chi connectivity index (χ4n) is 15.8. The Balaban J connectivity index is 0.000000131. The van der Waals surface area contributed by atoms with Crippen LogP contribution in [0.5, 0.6) is 0 Å². The van der Waals surface area contributed by atoms with Crippen molar-refractivity contribution in [1.82, 2.24) is 196 Å². The zero-order valence-electron chi connectivity index (χ0n) is 77.7. The third kappa shape index (κ3) is 18.3. The van der Waals surface area contributed by atoms with Crippen LogP contribution in [0.15, 0.2) is 209 Å². The summed E-state index contributed by atoms with van der Waals surface area (Å²) in [4.78, 5) is 144. The quantitative estimate of drug-likeness (QED) is 0.0811. The first kappa shape index (κ1) is 98.9. The van der Waals surface area contributed by atoms with E-state index >= 15 is 0 Å². The molecular formula is C98H70N42Pt4. The minimum absolute atomic E-state index is 0. The van der Waals surface area contributed by atoms with Crippen molar-refractivity contribution < 1.29 is 84.3 Å². The second kappa shape index (κ2) is 40.5. The van der Waals surface area contributed by atoms with Gasteiger partial charge in [-0.05, 0) is 154 Å². The van der Waals surface area contributed by atoms with Crippen LogP contribution in [0.3, 0.4) is 0 Å². The smallest absolute Gasteiger partial charge is 0.409 e. The molecular weight excluding hydrogens is 2550 g/mol. The first-order chi connectivity index (χ1) is 68.0. The maximum Gasteiger partial charge on any atom is 2.00 e. The summed E-state index contributed by atoms with van der Waals surface area (Å²) in [6.45, 7) is 31.5. The molecule has 42 nitrogen and oxygen atoms in total. The fraction of sp³-hybridized carbons (Fsp3) is 0.163. The van der Waals surface area contributed by atoms with Crippen LogP contribution >= 0.6 is 0 Å². The number of pyridine rings is 8. The largest absolute Gasteiger partial charge is 2.00 e. The van der Waals surface area contributed by atoms with E-state index in [1.807, 2.05) is 193 Å². The van der Waals surface area contributed by atoms with E-state index in [2.05, 4.69) is 217 Å². The van der Waals surface area contributed by atoms with Crippen LogP contribution in [0.2, 0.25) is 0 Å². The summed E-state index contributed by atoms with van der Waals surface area (Å²) in [6.07, 6.45) is 38.7. The first-order valence-electron chi connectivity index (χ1n) is 43.3. The maximum absolute atomic E-state index is 9.31. The van der Waals surface area contributed by atoms with Gasteiger partial charge in [-0.25, -0.2) is 4.98 Å². The van der Waals surface area contributed by atoms with Crippen molar-refractivity contribution in [2.24, 2.45) is 0 Å². The molecule has 0 bridgehead atoms. The molecule has 0 aliphatic rings. The van der Waals surface area contributed by atoms with Crippen molar-refractivity contribution >= 4 is 95.1 Å². The van der Waals surface area contributed by atoms with Gasteiger partial charge in [-0.2, -0.15) is 5.26 Å². The maximum atomic E-state index is 9.31. The van der Waals surface area contributed by atoms with Gasteiger partial charge in [0.25, 0.3) is 0 Å². The number of fused-ring (bicyclic) bond motifs is 8. The van der Waals surface area contributed by atoms with Crippen LogP contribution < -0.4 is 0 Å². The van der Waals surface area contributed by atoms with Gasteiger partial charge in [0.2, 0.25) is 5.82 Å². The standard InChI is InChI=1S/C25H14N12.2C25H20N10.C23H16N10.4Pt/c1-25(2,16-6-4-8-18(34-16)36-13-32-20-15(10-26)28-11-30-23(20)36)17-7-5-9-19(35-17)37-14-33-21-22(27-3)29-12-31-24(21)37;1-15-21-23(28-11-26-15)30-13-34(21)19-9-5-7-17(32-19)25(3,4)18-8-6-10-20(33-18)35-14-31-24-22(35)16(2)27-12-29-24;1-15-21-23(28-11-26-15)34(13-30-21)19-9-5-7-17(32-19)25(3,4)18-8-6-10-20(33-18)35-14-31-22-16(2)27-12-29-24(22)35;1-23(2,17-5-3-7-19(30-17)32-13-28-21-15(32)9-24-11-26-21)18-6-4-8-20(31-18)33-14-29-22-16(33)10-25-12-27-22;;;;/h4-9,11-12H,1-2H3;2*5-12H,1-4H3;3-12H,1-2H3;;;;/q4*-2;4*+2. The Bertz CT molecular complexity index is 8520. The molecule has 0 unspecified atom stereocenters. The molecule has 0 radical (unpaired) electrons. The van der Waals surface area contributed by atoms with E-state index in [1.165, 1.54) is 50.6 Å². The molecule has 0 spiro atoms. The molecule has 0 saturated heterocycles. The Kier molecular flexibility index (Phi) is 27.8. The third-order valence-electron chi connectivity index (χ3n) is 23.8. The molecule has 46 heteroatoms. The summed E-state index contributed by atoms with van der Waals surface area (Å²) in [5.74, 6) is 5.34. The fourth-order valence-corrected chi connectivity index (χ4v) is 15.8. The number of hydrogen-bond donors (Lipinski definition) is 0. The van der Waals surface area contributed by atoms with E-state index in [4.69, 9.17) is 46.4 Å². The molecule has 0 N–H and O–H groups in total. The van der Waals surface area contributed by atoms with Crippen LogP contribution in [0, 0.1) is 96.2 Å². The molecule has 712 valence electrons. The van der Waals surface area contributed by atoms with E-state index < -0.39 is 21.7 Å². The average molecular weight is 2620 g/mol.